The molecule has 0 aliphatic carbocycles. The van der Waals surface area contributed by atoms with E-state index in [1.807, 2.05) is 0 Å². The quantitative estimate of drug-likeness (QED) is 0.0763. The van der Waals surface area contributed by atoms with Gasteiger partial charge in [-0.1, -0.05) is 63.9 Å². The maximum Gasteiger partial charge on any atom is 0.357 e. The normalized spacial score (nSPS) is 14.5. The second-order valence-electron chi connectivity index (χ2n) is 15.4. The van der Waals surface area contributed by atoms with Gasteiger partial charge in [-0.05, 0) is 68.9 Å². The summed E-state index contributed by atoms with van der Waals surface area (Å²) in [7, 11) is -1.64. The van der Waals surface area contributed by atoms with E-state index in [0.717, 1.165) is 80.4 Å². The highest BCUT2D eigenvalue weighted by atomic mass is 32.1. The van der Waals surface area contributed by atoms with Crippen LogP contribution in [0.1, 0.15) is 60.1 Å². The molecule has 49 heavy (non-hydrogen) atoms. The predicted octanol–water partition coefficient (Wildman–Crippen LogP) is 8.63. The van der Waals surface area contributed by atoms with Crippen LogP contribution in [0.25, 0.3) is 10.2 Å². The molecule has 0 bridgehead atoms. The van der Waals surface area contributed by atoms with E-state index in [9.17, 15) is 4.79 Å². The molecule has 0 saturated heterocycles. The average Bonchev–Trinajstić information content (AvgIpc) is 3.62. The van der Waals surface area contributed by atoms with Gasteiger partial charge in [-0.25, -0.2) is 9.78 Å². The number of aromatic nitrogens is 4. The van der Waals surface area contributed by atoms with Gasteiger partial charge >= 0.3 is 5.97 Å². The van der Waals surface area contributed by atoms with Crippen molar-refractivity contribution >= 4 is 72.0 Å². The molecule has 0 N–H and O–H groups in total. The number of anilines is 2. The number of hydrogen-bond donors (Lipinski definition) is 0. The number of benzene rings is 1. The lowest BCUT2D eigenvalue weighted by Crippen LogP contribution is -2.41. The zero-order chi connectivity index (χ0) is 35.6. The molecule has 1 aliphatic rings. The van der Waals surface area contributed by atoms with Crippen LogP contribution in [0.15, 0.2) is 29.3 Å². The average molecular weight is 741 g/mol. The van der Waals surface area contributed by atoms with E-state index in [1.54, 1.807) is 11.3 Å². The third-order valence-corrected chi connectivity index (χ3v) is 17.9. The summed E-state index contributed by atoms with van der Waals surface area (Å²) in [5.74, 6) is 0.969. The molecule has 0 unspecified atom stereocenters. The van der Waals surface area contributed by atoms with E-state index in [0.29, 0.717) is 31.3 Å². The molecule has 5 rings (SSSR count). The number of carbonyl (C=O) groups excluding carboxylic acids is 1. The van der Waals surface area contributed by atoms with Crippen LogP contribution in [0.5, 0.6) is 0 Å². The Morgan fingerprint density at radius 3 is 2.53 bits per heavy atom. The van der Waals surface area contributed by atoms with Gasteiger partial charge < -0.3 is 18.8 Å². The first kappa shape index (κ1) is 37.5. The standard InChI is InChI=1S/C35H52N6O4S2Si2/c1-24-25-15-13-19-40(33-36-29(32(42)43-5)28(47-33)18-14-20-45-49(9,10)35(2,3)4)31(25)39-38-30(24)37-34-41(23-44-21-22-48(6,7)8)26-16-11-12-17-27(26)46-34/h11-12,16-17H,13-15,18-23H2,1-10H3/b37-34-. The third-order valence-electron chi connectivity index (χ3n) is 9.48. The number of ether oxygens (including phenoxy) is 2. The number of hydrogen-bond acceptors (Lipinski definition) is 11. The van der Waals surface area contributed by atoms with E-state index < -0.39 is 22.4 Å². The first-order valence-electron chi connectivity index (χ1n) is 17.2. The molecule has 4 aromatic rings. The van der Waals surface area contributed by atoms with Crippen molar-refractivity contribution in [3.63, 3.8) is 0 Å². The molecular weight excluding hydrogens is 689 g/mol. The van der Waals surface area contributed by atoms with Gasteiger partial charge in [0, 0.05) is 43.8 Å². The molecule has 0 fully saturated rings. The summed E-state index contributed by atoms with van der Waals surface area (Å²) < 4.78 is 21.0. The Bertz CT molecular complexity index is 1860. The van der Waals surface area contributed by atoms with Gasteiger partial charge in [0.15, 0.2) is 35.6 Å². The number of thiazole rings is 2. The highest BCUT2D eigenvalue weighted by molar-refractivity contribution is 7.16. The van der Waals surface area contributed by atoms with Crippen molar-refractivity contribution in [3.8, 4) is 0 Å². The Kier molecular flexibility index (Phi) is 11.7. The summed E-state index contributed by atoms with van der Waals surface area (Å²) >= 11 is 3.16. The number of aryl methyl sites for hydroxylation is 1. The minimum atomic E-state index is -1.85. The van der Waals surface area contributed by atoms with Crippen LogP contribution in [-0.2, 0) is 33.5 Å². The van der Waals surface area contributed by atoms with Gasteiger partial charge in [0.2, 0.25) is 0 Å². The van der Waals surface area contributed by atoms with Crippen LogP contribution in [0.3, 0.4) is 0 Å². The molecule has 0 radical (unpaired) electrons. The van der Waals surface area contributed by atoms with Crippen LogP contribution in [0, 0.1) is 6.92 Å². The van der Waals surface area contributed by atoms with Crippen molar-refractivity contribution in [2.75, 3.05) is 31.8 Å². The molecule has 1 aliphatic heterocycles. The smallest absolute Gasteiger partial charge is 0.357 e. The Hall–Kier alpha value is -2.76. The van der Waals surface area contributed by atoms with Crippen molar-refractivity contribution in [2.24, 2.45) is 4.99 Å². The number of para-hydroxylation sites is 1. The first-order chi connectivity index (χ1) is 23.1. The summed E-state index contributed by atoms with van der Waals surface area (Å²) in [5, 5.41) is 10.3. The van der Waals surface area contributed by atoms with Gasteiger partial charge in [0.05, 0.1) is 17.3 Å². The molecule has 3 aromatic heterocycles. The monoisotopic (exact) mass is 740 g/mol. The van der Waals surface area contributed by atoms with E-state index in [4.69, 9.17) is 29.0 Å². The van der Waals surface area contributed by atoms with Crippen LogP contribution in [0.4, 0.5) is 16.8 Å². The Morgan fingerprint density at radius 1 is 1.06 bits per heavy atom. The summed E-state index contributed by atoms with van der Waals surface area (Å²) in [6.07, 6.45) is 3.29. The lowest BCUT2D eigenvalue weighted by Gasteiger charge is -2.36. The summed E-state index contributed by atoms with van der Waals surface area (Å²) in [5.41, 5.74) is 3.59. The number of carbonyl (C=O) groups is 1. The van der Waals surface area contributed by atoms with Gasteiger partial charge in [-0.2, -0.15) is 4.99 Å². The number of rotatable bonds is 13. The van der Waals surface area contributed by atoms with E-state index in [-0.39, 0.29) is 5.04 Å². The van der Waals surface area contributed by atoms with Gasteiger partial charge in [0.1, 0.15) is 6.73 Å². The molecular formula is C35H52N6O4S2Si2. The van der Waals surface area contributed by atoms with Crippen molar-refractivity contribution in [1.82, 2.24) is 19.7 Å². The summed E-state index contributed by atoms with van der Waals surface area (Å²) in [6.45, 7) is 23.0. The Labute approximate surface area is 300 Å². The lowest BCUT2D eigenvalue weighted by molar-refractivity contribution is 0.0593. The minimum Gasteiger partial charge on any atom is -0.464 e. The van der Waals surface area contributed by atoms with Crippen LogP contribution < -0.4 is 9.70 Å². The predicted molar refractivity (Wildman–Crippen MR) is 206 cm³/mol. The zero-order valence-corrected chi connectivity index (χ0v) is 34.4. The topological polar surface area (TPSA) is 104 Å². The third kappa shape index (κ3) is 8.77. The maximum absolute atomic E-state index is 12.8. The van der Waals surface area contributed by atoms with Crippen LogP contribution in [-0.4, -0.2) is 69.0 Å². The fourth-order valence-electron chi connectivity index (χ4n) is 5.37. The first-order valence-corrected chi connectivity index (χ1v) is 25.4. The zero-order valence-electron chi connectivity index (χ0n) is 30.8. The second kappa shape index (κ2) is 15.2. The number of esters is 1. The number of fused-ring (bicyclic) bond motifs is 2. The van der Waals surface area contributed by atoms with Crippen molar-refractivity contribution in [1.29, 1.82) is 0 Å². The summed E-state index contributed by atoms with van der Waals surface area (Å²) in [4.78, 5) is 26.5. The van der Waals surface area contributed by atoms with E-state index in [1.165, 1.54) is 18.4 Å². The van der Waals surface area contributed by atoms with Gasteiger partial charge in [0.25, 0.3) is 0 Å². The van der Waals surface area contributed by atoms with E-state index >= 15 is 0 Å². The Morgan fingerprint density at radius 2 is 1.82 bits per heavy atom. The SMILES string of the molecule is COC(=O)c1nc(N2CCCc3c2nnc(/N=c2\sc4ccccc4n2COCC[Si](C)(C)C)c3C)sc1CCCO[Si](C)(C)C(C)(C)C. The lowest BCUT2D eigenvalue weighted by atomic mass is 10.0. The van der Waals surface area contributed by atoms with Crippen molar-refractivity contribution < 1.29 is 18.7 Å². The highest BCUT2D eigenvalue weighted by Crippen LogP contribution is 2.39. The van der Waals surface area contributed by atoms with Crippen molar-refractivity contribution in [2.45, 2.75) is 104 Å². The molecule has 0 spiro atoms. The fraction of sp³-hybridized carbons (Fsp3) is 0.571. The molecule has 4 heterocycles. The molecule has 266 valence electrons. The number of methoxy groups -OCH3 is 1. The maximum atomic E-state index is 12.8. The van der Waals surface area contributed by atoms with Crippen LogP contribution >= 0.6 is 22.7 Å². The largest absolute Gasteiger partial charge is 0.464 e. The Balaban J connectivity index is 1.41. The minimum absolute atomic E-state index is 0.149. The van der Waals surface area contributed by atoms with Gasteiger partial charge in [-0.15, -0.1) is 21.5 Å². The molecule has 1 aromatic carbocycles. The number of nitrogens with zero attached hydrogens (tertiary/aromatic N) is 6. The fourth-order valence-corrected chi connectivity index (χ4v) is 9.36. The second-order valence-corrected chi connectivity index (χ2v) is 27.9. The highest BCUT2D eigenvalue weighted by Gasteiger charge is 2.37. The molecule has 0 amide bonds. The molecule has 14 heteroatoms. The van der Waals surface area contributed by atoms with E-state index in [2.05, 4.69) is 99.3 Å². The van der Waals surface area contributed by atoms with Gasteiger partial charge in [-0.3, -0.25) is 4.57 Å². The van der Waals surface area contributed by atoms with Crippen molar-refractivity contribution in [3.05, 3.63) is 50.8 Å². The van der Waals surface area contributed by atoms with Crippen LogP contribution in [0.2, 0.25) is 43.8 Å². The molecule has 0 saturated carbocycles. The summed E-state index contributed by atoms with van der Waals surface area (Å²) in [6, 6.07) is 9.45. The molecule has 10 nitrogen and oxygen atoms in total. The molecule has 0 atom stereocenters.